The van der Waals surface area contributed by atoms with Crippen molar-refractivity contribution in [3.05, 3.63) is 124 Å². The van der Waals surface area contributed by atoms with E-state index in [9.17, 15) is 14.4 Å². The van der Waals surface area contributed by atoms with Crippen LogP contribution >= 0.6 is 11.3 Å². The Labute approximate surface area is 244 Å². The minimum atomic E-state index is -0.527. The van der Waals surface area contributed by atoms with Gasteiger partial charge in [-0.2, -0.15) is 0 Å². The summed E-state index contributed by atoms with van der Waals surface area (Å²) in [6.45, 7) is 0.301. The standard InChI is InChI=1S/C33H33N3O4S/c1-40-32(38)26-12-7-13-27(20-26)35-33(39)34-21-30(37)36(22-28-14-8-18-41-28)31-25(19-23-9-3-2-4-10-23)17-16-24-11-5-6-15-29(24)31/h2-15,18,20,25,31H,16-17,19,21-22H2,1H3,(H2,34,35,39)/t25-,31-/m0/s1. The predicted octanol–water partition coefficient (Wildman–Crippen LogP) is 6.23. The Bertz CT molecular complexity index is 1490. The summed E-state index contributed by atoms with van der Waals surface area (Å²) in [6, 6.07) is 28.6. The molecule has 2 atom stereocenters. The topological polar surface area (TPSA) is 87.7 Å². The maximum Gasteiger partial charge on any atom is 0.337 e. The van der Waals surface area contributed by atoms with Crippen molar-refractivity contribution in [2.75, 3.05) is 19.0 Å². The number of esters is 1. The van der Waals surface area contributed by atoms with Crippen LogP contribution < -0.4 is 10.6 Å². The van der Waals surface area contributed by atoms with Crippen LogP contribution in [-0.4, -0.2) is 36.5 Å². The van der Waals surface area contributed by atoms with Gasteiger partial charge in [-0.25, -0.2) is 9.59 Å². The van der Waals surface area contributed by atoms with Crippen LogP contribution in [0.5, 0.6) is 0 Å². The molecule has 210 valence electrons. The highest BCUT2D eigenvalue weighted by atomic mass is 32.1. The van der Waals surface area contributed by atoms with Gasteiger partial charge in [0.25, 0.3) is 0 Å². The highest BCUT2D eigenvalue weighted by Crippen LogP contribution is 2.41. The number of carbonyl (C=O) groups excluding carboxylic acids is 3. The molecule has 0 saturated carbocycles. The third kappa shape index (κ3) is 7.02. The van der Waals surface area contributed by atoms with E-state index < -0.39 is 12.0 Å². The normalized spacial score (nSPS) is 15.8. The monoisotopic (exact) mass is 567 g/mol. The maximum absolute atomic E-state index is 13.9. The van der Waals surface area contributed by atoms with Gasteiger partial charge >= 0.3 is 12.0 Å². The molecular formula is C33H33N3O4S. The van der Waals surface area contributed by atoms with Crippen molar-refractivity contribution < 1.29 is 19.1 Å². The van der Waals surface area contributed by atoms with Crippen LogP contribution in [0.1, 0.15) is 44.4 Å². The molecule has 2 N–H and O–H groups in total. The lowest BCUT2D eigenvalue weighted by atomic mass is 9.76. The zero-order valence-corrected chi connectivity index (χ0v) is 23.7. The summed E-state index contributed by atoms with van der Waals surface area (Å²) >= 11 is 1.62. The van der Waals surface area contributed by atoms with Crippen LogP contribution in [0.4, 0.5) is 10.5 Å². The van der Waals surface area contributed by atoms with Crippen molar-refractivity contribution in [2.45, 2.75) is 31.8 Å². The number of carbonyl (C=O) groups is 3. The van der Waals surface area contributed by atoms with Crippen LogP contribution in [0.2, 0.25) is 0 Å². The summed E-state index contributed by atoms with van der Waals surface area (Å²) in [5, 5.41) is 7.45. The third-order valence-electron chi connectivity index (χ3n) is 7.45. The zero-order chi connectivity index (χ0) is 28.6. The van der Waals surface area contributed by atoms with Gasteiger partial charge in [0.1, 0.15) is 0 Å². The largest absolute Gasteiger partial charge is 0.465 e. The SMILES string of the molecule is COC(=O)c1cccc(NC(=O)NCC(=O)N(Cc2cccs2)[C@@H]2c3ccccc3CC[C@H]2Cc2ccccc2)c1. The Balaban J connectivity index is 1.37. The van der Waals surface area contributed by atoms with Crippen molar-refractivity contribution in [3.8, 4) is 0 Å². The zero-order valence-electron chi connectivity index (χ0n) is 22.9. The minimum absolute atomic E-state index is 0.128. The number of amides is 3. The molecule has 7 nitrogen and oxygen atoms in total. The number of fused-ring (bicyclic) bond motifs is 1. The van der Waals surface area contributed by atoms with Gasteiger partial charge < -0.3 is 20.3 Å². The number of rotatable bonds is 9. The Morgan fingerprint density at radius 2 is 1.76 bits per heavy atom. The van der Waals surface area contributed by atoms with Gasteiger partial charge in [-0.15, -0.1) is 11.3 Å². The first-order chi connectivity index (χ1) is 20.0. The molecule has 8 heteroatoms. The van der Waals surface area contributed by atoms with Gasteiger partial charge in [0, 0.05) is 10.6 Å². The van der Waals surface area contributed by atoms with Crippen LogP contribution in [0.25, 0.3) is 0 Å². The number of methoxy groups -OCH3 is 1. The second-order valence-corrected chi connectivity index (χ2v) is 11.1. The highest BCUT2D eigenvalue weighted by molar-refractivity contribution is 7.09. The van der Waals surface area contributed by atoms with Crippen molar-refractivity contribution in [2.24, 2.45) is 5.92 Å². The smallest absolute Gasteiger partial charge is 0.337 e. The summed E-state index contributed by atoms with van der Waals surface area (Å²) in [5.41, 5.74) is 4.44. The van der Waals surface area contributed by atoms with Gasteiger partial charge in [0.2, 0.25) is 5.91 Å². The van der Waals surface area contributed by atoms with Crippen molar-refractivity contribution in [1.29, 1.82) is 0 Å². The van der Waals surface area contributed by atoms with Gasteiger partial charge in [0.05, 0.1) is 31.8 Å². The molecule has 0 spiro atoms. The molecule has 3 amide bonds. The number of thiophene rings is 1. The first-order valence-corrected chi connectivity index (χ1v) is 14.6. The lowest BCUT2D eigenvalue weighted by molar-refractivity contribution is -0.134. The van der Waals surface area contributed by atoms with Crippen LogP contribution in [0, 0.1) is 5.92 Å². The van der Waals surface area contributed by atoms with Gasteiger partial charge in [-0.05, 0) is 71.5 Å². The number of anilines is 1. The molecule has 0 radical (unpaired) electrons. The van der Waals surface area contributed by atoms with Crippen LogP contribution in [0.3, 0.4) is 0 Å². The van der Waals surface area contributed by atoms with E-state index in [1.54, 1.807) is 29.5 Å². The minimum Gasteiger partial charge on any atom is -0.465 e. The second kappa shape index (κ2) is 13.3. The molecule has 3 aromatic carbocycles. The summed E-state index contributed by atoms with van der Waals surface area (Å²) < 4.78 is 4.76. The van der Waals surface area contributed by atoms with E-state index in [0.29, 0.717) is 17.8 Å². The average molecular weight is 568 g/mol. The van der Waals surface area contributed by atoms with Gasteiger partial charge in [0.15, 0.2) is 0 Å². The second-order valence-electron chi connectivity index (χ2n) is 10.1. The number of nitrogens with one attached hydrogen (secondary N) is 2. The number of nitrogens with zero attached hydrogens (tertiary/aromatic N) is 1. The summed E-state index contributed by atoms with van der Waals surface area (Å²) in [6.07, 6.45) is 2.80. The fraction of sp³-hybridized carbons (Fsp3) is 0.242. The fourth-order valence-corrected chi connectivity index (χ4v) is 6.25. The van der Waals surface area contributed by atoms with Gasteiger partial charge in [-0.3, -0.25) is 4.79 Å². The number of ether oxygens (including phenoxy) is 1. The third-order valence-corrected chi connectivity index (χ3v) is 8.31. The number of urea groups is 1. The summed E-state index contributed by atoms with van der Waals surface area (Å²) in [5.74, 6) is -0.422. The van der Waals surface area contributed by atoms with E-state index in [0.717, 1.165) is 24.1 Å². The summed E-state index contributed by atoms with van der Waals surface area (Å²) in [7, 11) is 1.30. The van der Waals surface area contributed by atoms with Crippen molar-refractivity contribution in [1.82, 2.24) is 10.2 Å². The number of hydrogen-bond acceptors (Lipinski definition) is 5. The molecule has 0 bridgehead atoms. The van der Waals surface area contributed by atoms with Crippen LogP contribution in [-0.2, 0) is 28.9 Å². The highest BCUT2D eigenvalue weighted by Gasteiger charge is 2.36. The van der Waals surface area contributed by atoms with E-state index in [1.165, 1.54) is 29.9 Å². The molecule has 5 rings (SSSR count). The van der Waals surface area contributed by atoms with Gasteiger partial charge in [-0.1, -0.05) is 66.7 Å². The van der Waals surface area contributed by atoms with E-state index in [2.05, 4.69) is 53.1 Å². The molecular weight excluding hydrogens is 534 g/mol. The van der Waals surface area contributed by atoms with E-state index in [1.807, 2.05) is 34.5 Å². The fourth-order valence-electron chi connectivity index (χ4n) is 5.54. The molecule has 41 heavy (non-hydrogen) atoms. The van der Waals surface area contributed by atoms with Crippen molar-refractivity contribution in [3.63, 3.8) is 0 Å². The molecule has 4 aromatic rings. The molecule has 0 fully saturated rings. The lowest BCUT2D eigenvalue weighted by Gasteiger charge is -2.41. The van der Waals surface area contributed by atoms with Crippen molar-refractivity contribution >= 4 is 34.9 Å². The van der Waals surface area contributed by atoms with E-state index >= 15 is 0 Å². The Kier molecular flexibility index (Phi) is 9.11. The molecule has 1 heterocycles. The van der Waals surface area contributed by atoms with Crippen LogP contribution in [0.15, 0.2) is 96.4 Å². The lowest BCUT2D eigenvalue weighted by Crippen LogP contribution is -2.46. The predicted molar refractivity (Wildman–Crippen MR) is 161 cm³/mol. The number of aryl methyl sites for hydroxylation is 1. The summed E-state index contributed by atoms with van der Waals surface area (Å²) in [4.78, 5) is 41.6. The average Bonchev–Trinajstić information content (AvgIpc) is 3.52. The molecule has 0 aliphatic heterocycles. The Hall–Kier alpha value is -4.43. The molecule has 0 saturated heterocycles. The molecule has 1 aliphatic rings. The maximum atomic E-state index is 13.9. The van der Waals surface area contributed by atoms with E-state index in [4.69, 9.17) is 4.74 Å². The molecule has 0 unspecified atom stereocenters. The Morgan fingerprint density at radius 3 is 2.54 bits per heavy atom. The molecule has 1 aliphatic carbocycles. The number of benzene rings is 3. The quantitative estimate of drug-likeness (QED) is 0.235. The number of hydrogen-bond donors (Lipinski definition) is 2. The first-order valence-electron chi connectivity index (χ1n) is 13.7. The van der Waals surface area contributed by atoms with E-state index in [-0.39, 0.29) is 24.4 Å². The molecule has 1 aromatic heterocycles. The first kappa shape index (κ1) is 28.1. The Morgan fingerprint density at radius 1 is 0.951 bits per heavy atom.